The molecule has 2 aliphatic rings. The predicted octanol–water partition coefficient (Wildman–Crippen LogP) is 3.29. The maximum Gasteiger partial charge on any atom is 0.417 e. The Morgan fingerprint density at radius 1 is 1.21 bits per heavy atom. The van der Waals surface area contributed by atoms with Gasteiger partial charge in [0.25, 0.3) is 11.8 Å². The number of aryl methyl sites for hydroxylation is 1. The Morgan fingerprint density at radius 3 is 2.49 bits per heavy atom. The SMILES string of the molecule is Cn1nccc1C(=O)NCc1ccc(N2C(=S)N(c3ccc(C#N)c(C(F)(F)F)c3)C(=O)C23COC3)cc1F. The topological polar surface area (TPSA) is 103 Å². The molecule has 0 atom stereocenters. The normalized spacial score (nSPS) is 16.4. The molecule has 5 rings (SSSR count). The van der Waals surface area contributed by atoms with Gasteiger partial charge in [-0.1, -0.05) is 6.07 Å². The lowest BCUT2D eigenvalue weighted by Crippen LogP contribution is -2.64. The number of nitrogens with zero attached hydrogens (tertiary/aromatic N) is 5. The molecule has 200 valence electrons. The van der Waals surface area contributed by atoms with Crippen LogP contribution in [0.15, 0.2) is 48.7 Å². The highest BCUT2D eigenvalue weighted by molar-refractivity contribution is 7.81. The van der Waals surface area contributed by atoms with Crippen LogP contribution in [0.2, 0.25) is 0 Å². The zero-order valence-corrected chi connectivity index (χ0v) is 20.9. The molecule has 39 heavy (non-hydrogen) atoms. The molecule has 2 aliphatic heterocycles. The van der Waals surface area contributed by atoms with Crippen LogP contribution in [-0.4, -0.2) is 45.5 Å². The van der Waals surface area contributed by atoms with E-state index in [2.05, 4.69) is 10.4 Å². The van der Waals surface area contributed by atoms with E-state index in [-0.39, 0.29) is 47.5 Å². The zero-order chi connectivity index (χ0) is 28.1. The number of anilines is 2. The van der Waals surface area contributed by atoms with Crippen LogP contribution < -0.4 is 15.1 Å². The summed E-state index contributed by atoms with van der Waals surface area (Å²) in [5, 5.41) is 15.4. The van der Waals surface area contributed by atoms with Crippen molar-refractivity contribution in [2.45, 2.75) is 18.3 Å². The monoisotopic (exact) mass is 558 g/mol. The summed E-state index contributed by atoms with van der Waals surface area (Å²) in [6.07, 6.45) is -3.39. The summed E-state index contributed by atoms with van der Waals surface area (Å²) in [6.45, 7) is -0.366. The molecule has 2 aromatic carbocycles. The molecule has 3 aromatic rings. The van der Waals surface area contributed by atoms with Crippen LogP contribution in [0.4, 0.5) is 28.9 Å². The lowest BCUT2D eigenvalue weighted by Gasteiger charge is -2.42. The minimum atomic E-state index is -4.84. The number of hydrogen-bond acceptors (Lipinski definition) is 6. The van der Waals surface area contributed by atoms with E-state index in [0.29, 0.717) is 6.07 Å². The van der Waals surface area contributed by atoms with E-state index < -0.39 is 40.5 Å². The number of alkyl halides is 3. The number of rotatable bonds is 5. The number of thiocarbonyl (C=S) groups is 1. The predicted molar refractivity (Wildman–Crippen MR) is 133 cm³/mol. The van der Waals surface area contributed by atoms with Crippen molar-refractivity contribution in [3.63, 3.8) is 0 Å². The number of amides is 2. The molecule has 0 saturated carbocycles. The largest absolute Gasteiger partial charge is 0.417 e. The lowest BCUT2D eigenvalue weighted by atomic mass is 9.94. The second-order valence-corrected chi connectivity index (χ2v) is 9.29. The van der Waals surface area contributed by atoms with Crippen LogP contribution in [-0.2, 0) is 29.3 Å². The molecule has 0 unspecified atom stereocenters. The highest BCUT2D eigenvalue weighted by Crippen LogP contribution is 2.42. The van der Waals surface area contributed by atoms with Gasteiger partial charge >= 0.3 is 6.18 Å². The van der Waals surface area contributed by atoms with Crippen molar-refractivity contribution in [1.82, 2.24) is 15.1 Å². The Kier molecular flexibility index (Phi) is 6.36. The first kappa shape index (κ1) is 26.3. The maximum absolute atomic E-state index is 15.1. The quantitative estimate of drug-likeness (QED) is 0.379. The van der Waals surface area contributed by atoms with Gasteiger partial charge in [0.1, 0.15) is 11.5 Å². The minimum absolute atomic E-state index is 0.116. The van der Waals surface area contributed by atoms with Crippen LogP contribution >= 0.6 is 12.2 Å². The van der Waals surface area contributed by atoms with Crippen LogP contribution in [0.1, 0.15) is 27.2 Å². The zero-order valence-electron chi connectivity index (χ0n) is 20.1. The summed E-state index contributed by atoms with van der Waals surface area (Å²) >= 11 is 5.51. The van der Waals surface area contributed by atoms with Crippen LogP contribution in [0, 0.1) is 17.1 Å². The van der Waals surface area contributed by atoms with Crippen LogP contribution in [0.5, 0.6) is 0 Å². The maximum atomic E-state index is 15.1. The summed E-state index contributed by atoms with van der Waals surface area (Å²) in [5.74, 6) is -1.78. The molecule has 1 spiro atoms. The number of carbonyl (C=O) groups is 2. The van der Waals surface area contributed by atoms with Gasteiger partial charge < -0.3 is 10.1 Å². The fourth-order valence-corrected chi connectivity index (χ4v) is 4.96. The summed E-state index contributed by atoms with van der Waals surface area (Å²) in [5.41, 5.74) is -2.73. The number of ether oxygens (including phenoxy) is 1. The summed E-state index contributed by atoms with van der Waals surface area (Å²) in [4.78, 5) is 28.1. The number of nitriles is 1. The molecular formula is C25H18F4N6O3S. The van der Waals surface area contributed by atoms with E-state index >= 15 is 4.39 Å². The number of aromatic nitrogens is 2. The molecule has 2 saturated heterocycles. The fourth-order valence-electron chi connectivity index (χ4n) is 4.49. The molecule has 9 nitrogen and oxygen atoms in total. The molecule has 14 heteroatoms. The van der Waals surface area contributed by atoms with Gasteiger partial charge in [-0.15, -0.1) is 0 Å². The number of halogens is 4. The highest BCUT2D eigenvalue weighted by Gasteiger charge is 2.61. The second-order valence-electron chi connectivity index (χ2n) is 8.92. The van der Waals surface area contributed by atoms with Crippen molar-refractivity contribution >= 4 is 40.5 Å². The van der Waals surface area contributed by atoms with Gasteiger partial charge in [0.15, 0.2) is 10.7 Å². The molecule has 3 heterocycles. The van der Waals surface area contributed by atoms with Crippen molar-refractivity contribution < 1.29 is 31.9 Å². The van der Waals surface area contributed by atoms with Gasteiger partial charge in [0.05, 0.1) is 36.1 Å². The molecule has 0 radical (unpaired) electrons. The smallest absolute Gasteiger partial charge is 0.375 e. The number of benzene rings is 2. The van der Waals surface area contributed by atoms with E-state index in [1.807, 2.05) is 0 Å². The Hall–Kier alpha value is -4.35. The van der Waals surface area contributed by atoms with Gasteiger partial charge in [-0.2, -0.15) is 23.5 Å². The molecule has 0 aliphatic carbocycles. The average molecular weight is 559 g/mol. The second kappa shape index (κ2) is 9.44. The fraction of sp³-hybridized carbons (Fsp3) is 0.240. The first-order valence-electron chi connectivity index (χ1n) is 11.4. The average Bonchev–Trinajstić information content (AvgIpc) is 3.40. The van der Waals surface area contributed by atoms with Crippen LogP contribution in [0.3, 0.4) is 0 Å². The highest BCUT2D eigenvalue weighted by atomic mass is 32.1. The summed E-state index contributed by atoms with van der Waals surface area (Å²) in [6, 6.07) is 9.91. The third-order valence-corrected chi connectivity index (χ3v) is 6.93. The van der Waals surface area contributed by atoms with Crippen molar-refractivity contribution in [3.05, 3.63) is 76.9 Å². The lowest BCUT2D eigenvalue weighted by molar-refractivity contribution is -0.138. The summed E-state index contributed by atoms with van der Waals surface area (Å²) in [7, 11) is 1.59. The van der Waals surface area contributed by atoms with Gasteiger partial charge in [0, 0.05) is 31.0 Å². The standard InChI is InChI=1S/C25H18F4N6O3S/c1-33-20(6-7-32-33)21(36)31-11-15-3-5-17(9-19(15)26)35-23(39)34(22(37)24(35)12-38-13-24)16-4-2-14(10-30)18(8-16)25(27,28)29/h2-9H,11-13H2,1H3,(H,31,36). The molecule has 0 bridgehead atoms. The molecule has 2 amide bonds. The Labute approximate surface area is 224 Å². The first-order valence-corrected chi connectivity index (χ1v) is 11.8. The minimum Gasteiger partial charge on any atom is -0.375 e. The van der Waals surface area contributed by atoms with Gasteiger partial charge in [-0.25, -0.2) is 4.39 Å². The number of carbonyl (C=O) groups excluding carboxylic acids is 2. The molecular weight excluding hydrogens is 540 g/mol. The van der Waals surface area contributed by atoms with E-state index in [0.717, 1.165) is 17.0 Å². The third kappa shape index (κ3) is 4.29. The molecule has 2 fully saturated rings. The first-order chi connectivity index (χ1) is 18.5. The van der Waals surface area contributed by atoms with E-state index in [1.165, 1.54) is 46.1 Å². The number of hydrogen-bond donors (Lipinski definition) is 1. The van der Waals surface area contributed by atoms with Crippen molar-refractivity contribution in [2.75, 3.05) is 23.0 Å². The van der Waals surface area contributed by atoms with Gasteiger partial charge in [-0.3, -0.25) is 24.1 Å². The van der Waals surface area contributed by atoms with Crippen molar-refractivity contribution in [2.24, 2.45) is 7.05 Å². The van der Waals surface area contributed by atoms with Gasteiger partial charge in [0.2, 0.25) is 0 Å². The van der Waals surface area contributed by atoms with E-state index in [1.54, 1.807) is 7.05 Å². The summed E-state index contributed by atoms with van der Waals surface area (Å²) < 4.78 is 62.5. The molecule has 1 aromatic heterocycles. The van der Waals surface area contributed by atoms with Crippen molar-refractivity contribution in [1.29, 1.82) is 5.26 Å². The Morgan fingerprint density at radius 2 is 1.92 bits per heavy atom. The number of nitrogens with one attached hydrogen (secondary N) is 1. The van der Waals surface area contributed by atoms with E-state index in [9.17, 15) is 22.8 Å². The third-order valence-electron chi connectivity index (χ3n) is 6.57. The van der Waals surface area contributed by atoms with Crippen molar-refractivity contribution in [3.8, 4) is 6.07 Å². The van der Waals surface area contributed by atoms with E-state index in [4.69, 9.17) is 22.2 Å². The molecule has 1 N–H and O–H groups in total. The van der Waals surface area contributed by atoms with Crippen LogP contribution in [0.25, 0.3) is 0 Å². The Bertz CT molecular complexity index is 1560. The Balaban J connectivity index is 1.44. The van der Waals surface area contributed by atoms with Gasteiger partial charge in [-0.05, 0) is 48.6 Å².